The summed E-state index contributed by atoms with van der Waals surface area (Å²) in [6, 6.07) is 8.48. The molecular weight excluding hydrogens is 472 g/mol. The van der Waals surface area contributed by atoms with E-state index in [2.05, 4.69) is 5.43 Å². The van der Waals surface area contributed by atoms with Crippen molar-refractivity contribution in [3.63, 3.8) is 0 Å². The fourth-order valence-corrected chi connectivity index (χ4v) is 4.41. The van der Waals surface area contributed by atoms with Gasteiger partial charge < -0.3 is 14.2 Å². The Hall–Kier alpha value is -2.89. The Labute approximate surface area is 198 Å². The monoisotopic (exact) mass is 492 g/mol. The molecule has 0 spiro atoms. The Kier molecular flexibility index (Phi) is 8.26. The van der Waals surface area contributed by atoms with Gasteiger partial charge in [-0.15, -0.1) is 11.3 Å². The maximum Gasteiger partial charge on any atom is 0.344 e. The number of benzene rings is 1. The van der Waals surface area contributed by atoms with Crippen molar-refractivity contribution in [3.05, 3.63) is 51.1 Å². The van der Waals surface area contributed by atoms with Crippen molar-refractivity contribution in [1.82, 2.24) is 10.4 Å². The Morgan fingerprint density at radius 2 is 1.97 bits per heavy atom. The first-order valence-corrected chi connectivity index (χ1v) is 11.7. The number of nitrogens with zero attached hydrogens (tertiary/aromatic N) is 1. The first kappa shape index (κ1) is 23.8. The average molecular weight is 493 g/mol. The molecule has 2 amide bonds. The number of hydrogen-bond acceptors (Lipinski definition) is 9. The second kappa shape index (κ2) is 11.1. The summed E-state index contributed by atoms with van der Waals surface area (Å²) in [6.45, 7) is 3.95. The van der Waals surface area contributed by atoms with E-state index < -0.39 is 17.8 Å². The molecule has 8 nitrogen and oxygen atoms in total. The number of amides is 2. The lowest BCUT2D eigenvalue weighted by Crippen LogP contribution is -2.44. The highest BCUT2D eigenvalue weighted by Crippen LogP contribution is 2.34. The van der Waals surface area contributed by atoms with E-state index in [1.54, 1.807) is 48.7 Å². The van der Waals surface area contributed by atoms with Crippen LogP contribution in [0.5, 0.6) is 11.5 Å². The summed E-state index contributed by atoms with van der Waals surface area (Å²) in [6.07, 6.45) is 1.65. The number of rotatable bonds is 9. The molecule has 2 heterocycles. The molecule has 1 aromatic heterocycles. The molecule has 1 aliphatic rings. The molecule has 0 aliphatic carbocycles. The molecule has 1 aliphatic heterocycles. The number of thioether (sulfide) groups is 1. The van der Waals surface area contributed by atoms with Crippen LogP contribution in [0.4, 0.5) is 0 Å². The van der Waals surface area contributed by atoms with Gasteiger partial charge in [-0.1, -0.05) is 23.9 Å². The van der Waals surface area contributed by atoms with Gasteiger partial charge in [-0.05, 0) is 61.3 Å². The van der Waals surface area contributed by atoms with Gasteiger partial charge in [-0.3, -0.25) is 15.0 Å². The summed E-state index contributed by atoms with van der Waals surface area (Å²) in [7, 11) is 0. The van der Waals surface area contributed by atoms with E-state index in [4.69, 9.17) is 26.4 Å². The van der Waals surface area contributed by atoms with Crippen LogP contribution in [0, 0.1) is 0 Å². The molecule has 0 bridgehead atoms. The Balaban J connectivity index is 1.74. The van der Waals surface area contributed by atoms with Gasteiger partial charge in [0.05, 0.1) is 23.0 Å². The van der Waals surface area contributed by atoms with Crippen molar-refractivity contribution in [1.29, 1.82) is 0 Å². The molecule has 2 aromatic rings. The Morgan fingerprint density at radius 3 is 2.66 bits per heavy atom. The highest BCUT2D eigenvalue weighted by Gasteiger charge is 2.34. The zero-order chi connectivity index (χ0) is 23.1. The van der Waals surface area contributed by atoms with Crippen LogP contribution in [0.3, 0.4) is 0 Å². The standard InChI is InChI=1S/C21H20N2O6S3/c1-3-27-15-10-13(7-8-14(15)29-12-18(24)28-4-2)11-17-20(26)23(21(30)32-17)22-19(25)16-6-5-9-31-16/h5-11H,3-4,12H2,1-2H3,(H,22,25)/b17-11-. The number of hydrogen-bond donors (Lipinski definition) is 1. The van der Waals surface area contributed by atoms with Crippen LogP contribution < -0.4 is 14.9 Å². The molecule has 1 aromatic carbocycles. The molecule has 0 unspecified atom stereocenters. The second-order valence-electron chi connectivity index (χ2n) is 6.17. The van der Waals surface area contributed by atoms with Gasteiger partial charge in [0.1, 0.15) is 0 Å². The normalized spacial score (nSPS) is 14.6. The molecule has 0 radical (unpaired) electrons. The topological polar surface area (TPSA) is 94.2 Å². The highest BCUT2D eigenvalue weighted by atomic mass is 32.2. The lowest BCUT2D eigenvalue weighted by atomic mass is 10.2. The number of hydrazine groups is 1. The molecule has 11 heteroatoms. The van der Waals surface area contributed by atoms with E-state index in [-0.39, 0.29) is 17.5 Å². The summed E-state index contributed by atoms with van der Waals surface area (Å²) in [4.78, 5) is 37.4. The third kappa shape index (κ3) is 5.87. The summed E-state index contributed by atoms with van der Waals surface area (Å²) in [5.41, 5.74) is 3.21. The average Bonchev–Trinajstić information content (AvgIpc) is 3.39. The SMILES string of the molecule is CCOC(=O)COc1ccc(/C=C2\SC(=S)N(NC(=O)c3cccs3)C2=O)cc1OCC. The zero-order valence-electron chi connectivity index (χ0n) is 17.3. The third-order valence-electron chi connectivity index (χ3n) is 3.97. The minimum absolute atomic E-state index is 0.227. The number of ether oxygens (including phenoxy) is 3. The predicted octanol–water partition coefficient (Wildman–Crippen LogP) is 3.63. The maximum absolute atomic E-state index is 12.8. The highest BCUT2D eigenvalue weighted by molar-refractivity contribution is 8.26. The maximum atomic E-state index is 12.8. The predicted molar refractivity (Wildman–Crippen MR) is 127 cm³/mol. The number of carbonyl (C=O) groups excluding carboxylic acids is 3. The van der Waals surface area contributed by atoms with E-state index in [9.17, 15) is 14.4 Å². The molecule has 32 heavy (non-hydrogen) atoms. The van der Waals surface area contributed by atoms with Crippen molar-refractivity contribution >= 4 is 63.5 Å². The lowest BCUT2D eigenvalue weighted by molar-refractivity contribution is -0.145. The van der Waals surface area contributed by atoms with E-state index in [1.807, 2.05) is 6.92 Å². The molecule has 0 saturated carbocycles. The van der Waals surface area contributed by atoms with Crippen LogP contribution in [0.2, 0.25) is 0 Å². The van der Waals surface area contributed by atoms with Crippen LogP contribution in [-0.2, 0) is 14.3 Å². The Bertz CT molecular complexity index is 1050. The number of nitrogens with one attached hydrogen (secondary N) is 1. The fraction of sp³-hybridized carbons (Fsp3) is 0.238. The summed E-state index contributed by atoms with van der Waals surface area (Å²) in [5, 5.41) is 2.84. The van der Waals surface area contributed by atoms with Gasteiger partial charge in [-0.25, -0.2) is 4.79 Å². The fourth-order valence-electron chi connectivity index (χ4n) is 2.62. The Morgan fingerprint density at radius 1 is 1.16 bits per heavy atom. The summed E-state index contributed by atoms with van der Waals surface area (Å²) in [5.74, 6) is -0.503. The summed E-state index contributed by atoms with van der Waals surface area (Å²) < 4.78 is 16.2. The molecular formula is C21H20N2O6S3. The minimum atomic E-state index is -0.479. The van der Waals surface area contributed by atoms with Crippen molar-refractivity contribution in [3.8, 4) is 11.5 Å². The van der Waals surface area contributed by atoms with Crippen molar-refractivity contribution < 1.29 is 28.6 Å². The van der Waals surface area contributed by atoms with Crippen LogP contribution in [0.15, 0.2) is 40.6 Å². The molecule has 1 saturated heterocycles. The molecule has 0 atom stereocenters. The van der Waals surface area contributed by atoms with Crippen LogP contribution in [0.1, 0.15) is 29.1 Å². The van der Waals surface area contributed by atoms with Gasteiger partial charge in [0, 0.05) is 0 Å². The molecule has 3 rings (SSSR count). The van der Waals surface area contributed by atoms with E-state index in [0.717, 1.165) is 16.8 Å². The summed E-state index contributed by atoms with van der Waals surface area (Å²) >= 11 is 7.60. The quantitative estimate of drug-likeness (QED) is 0.322. The van der Waals surface area contributed by atoms with Crippen LogP contribution in [-0.4, -0.2) is 46.9 Å². The first-order chi connectivity index (χ1) is 15.4. The van der Waals surface area contributed by atoms with Gasteiger partial charge >= 0.3 is 5.97 Å². The van der Waals surface area contributed by atoms with Crippen molar-refractivity contribution in [2.24, 2.45) is 0 Å². The number of carbonyl (C=O) groups is 3. The van der Waals surface area contributed by atoms with Gasteiger partial charge in [0.25, 0.3) is 11.8 Å². The van der Waals surface area contributed by atoms with E-state index in [1.165, 1.54) is 11.3 Å². The van der Waals surface area contributed by atoms with E-state index in [0.29, 0.717) is 33.5 Å². The van der Waals surface area contributed by atoms with Crippen LogP contribution >= 0.6 is 35.3 Å². The number of esters is 1. The molecule has 1 fully saturated rings. The molecule has 1 N–H and O–H groups in total. The van der Waals surface area contributed by atoms with Gasteiger partial charge in [-0.2, -0.15) is 5.01 Å². The second-order valence-corrected chi connectivity index (χ2v) is 8.79. The first-order valence-electron chi connectivity index (χ1n) is 9.60. The van der Waals surface area contributed by atoms with Crippen molar-refractivity contribution in [2.45, 2.75) is 13.8 Å². The van der Waals surface area contributed by atoms with E-state index >= 15 is 0 Å². The lowest BCUT2D eigenvalue weighted by Gasteiger charge is -2.14. The number of thiocarbonyl (C=S) groups is 1. The van der Waals surface area contributed by atoms with Crippen LogP contribution in [0.25, 0.3) is 6.08 Å². The largest absolute Gasteiger partial charge is 0.490 e. The van der Waals surface area contributed by atoms with Gasteiger partial charge in [0.15, 0.2) is 22.4 Å². The molecule has 168 valence electrons. The van der Waals surface area contributed by atoms with Gasteiger partial charge in [0.2, 0.25) is 0 Å². The van der Waals surface area contributed by atoms with Crippen molar-refractivity contribution in [2.75, 3.05) is 19.8 Å². The number of thiophene rings is 1. The zero-order valence-corrected chi connectivity index (χ0v) is 19.7. The third-order valence-corrected chi connectivity index (χ3v) is 6.14. The minimum Gasteiger partial charge on any atom is -0.490 e. The smallest absolute Gasteiger partial charge is 0.344 e.